The van der Waals surface area contributed by atoms with E-state index in [1.54, 1.807) is 24.3 Å². The van der Waals surface area contributed by atoms with E-state index in [1.165, 1.54) is 4.90 Å². The van der Waals surface area contributed by atoms with E-state index in [2.05, 4.69) is 37.2 Å². The average Bonchev–Trinajstić information content (AvgIpc) is 3.20. The second-order valence-electron chi connectivity index (χ2n) is 10.9. The Morgan fingerprint density at radius 2 is 1.80 bits per heavy atom. The molecule has 0 saturated carbocycles. The molecule has 220 valence electrons. The molecule has 0 radical (unpaired) electrons. The molecule has 3 unspecified atom stereocenters. The minimum absolute atomic E-state index is 0.0176. The van der Waals surface area contributed by atoms with Gasteiger partial charge in [0.2, 0.25) is 12.5 Å². The Morgan fingerprint density at radius 3 is 2.40 bits per heavy atom. The first-order valence-corrected chi connectivity index (χ1v) is 15.6. The number of piperidine rings is 1. The van der Waals surface area contributed by atoms with Gasteiger partial charge in [-0.05, 0) is 78.8 Å². The largest absolute Gasteiger partial charge is 0.337 e. The number of hydrogen-bond acceptors (Lipinski definition) is 6. The van der Waals surface area contributed by atoms with Crippen LogP contribution in [0.2, 0.25) is 0 Å². The fourth-order valence-corrected chi connectivity index (χ4v) is 7.11. The molecule has 2 aliphatic rings. The number of amides is 3. The van der Waals surface area contributed by atoms with Crippen molar-refractivity contribution in [3.05, 3.63) is 46.8 Å². The van der Waals surface area contributed by atoms with Crippen molar-refractivity contribution in [2.45, 2.75) is 104 Å². The van der Waals surface area contributed by atoms with Crippen LogP contribution < -0.4 is 0 Å². The molecule has 1 saturated heterocycles. The van der Waals surface area contributed by atoms with Crippen molar-refractivity contribution in [2.24, 2.45) is 0 Å². The summed E-state index contributed by atoms with van der Waals surface area (Å²) in [5.41, 5.74) is 0.917. The number of carbonyl (C=O) groups excluding carboxylic acids is 3. The zero-order valence-electron chi connectivity index (χ0n) is 25.4. The smallest absolute Gasteiger partial charge is 0.261 e. The first-order valence-electron chi connectivity index (χ1n) is 15.2. The molecule has 10 heteroatoms. The lowest BCUT2D eigenvalue weighted by molar-refractivity contribution is -0.137. The van der Waals surface area contributed by atoms with Crippen LogP contribution in [0.25, 0.3) is 4.85 Å². The highest BCUT2D eigenvalue weighted by Gasteiger charge is 2.36. The van der Waals surface area contributed by atoms with Gasteiger partial charge in [0.05, 0.1) is 23.3 Å². The highest BCUT2D eigenvalue weighted by atomic mass is 31.2. The summed E-state index contributed by atoms with van der Waals surface area (Å²) < 4.78 is 23.1. The Labute approximate surface area is 242 Å². The lowest BCUT2D eigenvalue weighted by Gasteiger charge is -2.42. The number of carbonyl (C=O) groups is 3. The molecule has 0 bridgehead atoms. The number of unbranched alkanes of at least 4 members (excludes halogenated alkanes) is 2. The highest BCUT2D eigenvalue weighted by molar-refractivity contribution is 7.44. The molecular formula is C30H45N4O5P. The van der Waals surface area contributed by atoms with Gasteiger partial charge in [0.1, 0.15) is 6.61 Å². The predicted molar refractivity (Wildman–Crippen MR) is 157 cm³/mol. The fourth-order valence-electron chi connectivity index (χ4n) is 5.44. The summed E-state index contributed by atoms with van der Waals surface area (Å²) in [5.74, 6) is -0.433. The van der Waals surface area contributed by atoms with Crippen molar-refractivity contribution in [1.82, 2.24) is 14.5 Å². The van der Waals surface area contributed by atoms with E-state index < -0.39 is 14.6 Å². The molecule has 0 aliphatic carbocycles. The van der Waals surface area contributed by atoms with Gasteiger partial charge >= 0.3 is 0 Å². The molecular weight excluding hydrogens is 527 g/mol. The normalized spacial score (nSPS) is 19.2. The number of nitrogens with zero attached hydrogens (tertiary/aromatic N) is 4. The van der Waals surface area contributed by atoms with Crippen LogP contribution in [0.3, 0.4) is 0 Å². The maximum Gasteiger partial charge on any atom is 0.261 e. The zero-order valence-corrected chi connectivity index (χ0v) is 25.3. The fraction of sp³-hybridized carbons (Fsp3) is 0.667. The van der Waals surface area contributed by atoms with E-state index in [0.29, 0.717) is 43.5 Å². The standard InChI is InChI=1S/C30H45N4O5P/c1-22(2)34(23(3)4)40(38-21-18-31-6)39-24(5)27-16-11-13-19-32(27)28(35)17-8-7-12-20-33-29(36)25-14-9-10-15-26(25)30(33)37/h9-10,14-15,22-24,27H,7-8,11-13,16-21H2,1-5H3/i5D. The first-order chi connectivity index (χ1) is 19.7. The van der Waals surface area contributed by atoms with Gasteiger partial charge < -0.3 is 18.8 Å². The Kier molecular flexibility index (Phi) is 11.9. The van der Waals surface area contributed by atoms with Gasteiger partial charge in [0, 0.05) is 33.0 Å². The number of benzene rings is 1. The molecule has 0 N–H and O–H groups in total. The SMILES string of the molecule is [2H]CC(OP(OCC[N+]#[C-])N(C(C)C)C(C)C)C1CCCCN1C(=O)CCCCCN1C(=O)c2ccccc2C1=O. The van der Waals surface area contributed by atoms with Gasteiger partial charge in [0.25, 0.3) is 20.3 Å². The van der Waals surface area contributed by atoms with Crippen molar-refractivity contribution in [3.8, 4) is 0 Å². The summed E-state index contributed by atoms with van der Waals surface area (Å²) in [6.07, 6.45) is 4.62. The van der Waals surface area contributed by atoms with Crippen molar-refractivity contribution in [1.29, 1.82) is 0 Å². The zero-order chi connectivity index (χ0) is 29.9. The summed E-state index contributed by atoms with van der Waals surface area (Å²) in [6.45, 7) is 16.9. The Hall–Kier alpha value is -2.37. The maximum absolute atomic E-state index is 13.4. The van der Waals surface area contributed by atoms with E-state index in [0.717, 1.165) is 25.7 Å². The van der Waals surface area contributed by atoms with Crippen molar-refractivity contribution >= 4 is 26.2 Å². The third-order valence-electron chi connectivity index (χ3n) is 7.33. The Morgan fingerprint density at radius 1 is 1.12 bits per heavy atom. The number of rotatable bonds is 15. The van der Waals surface area contributed by atoms with Gasteiger partial charge in [0.15, 0.2) is 0 Å². The molecule has 3 amide bonds. The van der Waals surface area contributed by atoms with E-state index in [9.17, 15) is 14.4 Å². The average molecular weight is 574 g/mol. The van der Waals surface area contributed by atoms with Crippen LogP contribution in [0.15, 0.2) is 24.3 Å². The summed E-state index contributed by atoms with van der Waals surface area (Å²) >= 11 is 0. The second-order valence-corrected chi connectivity index (χ2v) is 12.3. The molecule has 2 heterocycles. The number of imide groups is 1. The van der Waals surface area contributed by atoms with Crippen LogP contribution >= 0.6 is 8.53 Å². The van der Waals surface area contributed by atoms with Crippen molar-refractivity contribution < 1.29 is 24.8 Å². The molecule has 9 nitrogen and oxygen atoms in total. The predicted octanol–water partition coefficient (Wildman–Crippen LogP) is 5.91. The van der Waals surface area contributed by atoms with Gasteiger partial charge in [-0.3, -0.25) is 19.3 Å². The second kappa shape index (κ2) is 15.6. The van der Waals surface area contributed by atoms with Crippen LogP contribution in [0.4, 0.5) is 0 Å². The maximum atomic E-state index is 13.4. The molecule has 3 rings (SSSR count). The third-order valence-corrected chi connectivity index (χ3v) is 9.48. The molecule has 1 fully saturated rings. The van der Waals surface area contributed by atoms with Crippen molar-refractivity contribution in [3.63, 3.8) is 0 Å². The molecule has 0 aromatic heterocycles. The molecule has 3 atom stereocenters. The summed E-state index contributed by atoms with van der Waals surface area (Å²) in [4.78, 5) is 45.1. The minimum Gasteiger partial charge on any atom is -0.337 e. The lowest BCUT2D eigenvalue weighted by Crippen LogP contribution is -2.49. The number of likely N-dealkylation sites (tertiary alicyclic amines) is 1. The van der Waals surface area contributed by atoms with Crippen molar-refractivity contribution in [2.75, 3.05) is 26.2 Å². The van der Waals surface area contributed by atoms with E-state index in [-0.39, 0.29) is 55.9 Å². The van der Waals surface area contributed by atoms with E-state index >= 15 is 0 Å². The topological polar surface area (TPSA) is 83.8 Å². The Balaban J connectivity index is 1.55. The summed E-state index contributed by atoms with van der Waals surface area (Å²) in [5, 5.41) is 0. The van der Waals surface area contributed by atoms with Crippen LogP contribution in [-0.2, 0) is 13.8 Å². The quantitative estimate of drug-likeness (QED) is 0.112. The van der Waals surface area contributed by atoms with Crippen LogP contribution in [0.1, 0.15) is 102 Å². The van der Waals surface area contributed by atoms with Gasteiger partial charge in [-0.1, -0.05) is 18.6 Å². The van der Waals surface area contributed by atoms with Gasteiger partial charge in [-0.15, -0.1) is 0 Å². The van der Waals surface area contributed by atoms with Crippen LogP contribution in [0.5, 0.6) is 0 Å². The molecule has 1 aromatic rings. The summed E-state index contributed by atoms with van der Waals surface area (Å²) in [7, 11) is -1.50. The Bertz CT molecular complexity index is 1040. The van der Waals surface area contributed by atoms with Crippen LogP contribution in [-0.4, -0.2) is 82.7 Å². The number of hydrogen-bond donors (Lipinski definition) is 0. The lowest BCUT2D eigenvalue weighted by atomic mass is 9.97. The molecule has 2 aliphatic heterocycles. The molecule has 0 spiro atoms. The monoisotopic (exact) mass is 573 g/mol. The van der Waals surface area contributed by atoms with Gasteiger partial charge in [-0.25, -0.2) is 11.2 Å². The highest BCUT2D eigenvalue weighted by Crippen LogP contribution is 2.48. The minimum atomic E-state index is -1.50. The first kappa shape index (κ1) is 30.6. The molecule has 40 heavy (non-hydrogen) atoms. The number of fused-ring (bicyclic) bond motifs is 1. The van der Waals surface area contributed by atoms with Crippen LogP contribution in [0, 0.1) is 6.57 Å². The third kappa shape index (κ3) is 8.10. The van der Waals surface area contributed by atoms with E-state index in [1.807, 2.05) is 4.90 Å². The van der Waals surface area contributed by atoms with Gasteiger partial charge in [-0.2, -0.15) is 0 Å². The molecule has 1 aromatic carbocycles. The summed E-state index contributed by atoms with van der Waals surface area (Å²) in [6, 6.07) is 7.01. The van der Waals surface area contributed by atoms with E-state index in [4.69, 9.17) is 17.0 Å².